The summed E-state index contributed by atoms with van der Waals surface area (Å²) in [6.45, 7) is 2.29. The van der Waals surface area contributed by atoms with Gasteiger partial charge in [0.2, 0.25) is 0 Å². The molecule has 2 aromatic heterocycles. The number of nitrogens with one attached hydrogen (secondary N) is 1. The van der Waals surface area contributed by atoms with Gasteiger partial charge in [0.25, 0.3) is 5.91 Å². The molecule has 6 nitrogen and oxygen atoms in total. The predicted molar refractivity (Wildman–Crippen MR) is 92.5 cm³/mol. The predicted octanol–water partition coefficient (Wildman–Crippen LogP) is 3.02. The van der Waals surface area contributed by atoms with E-state index in [-0.39, 0.29) is 18.3 Å². The van der Waals surface area contributed by atoms with E-state index in [1.54, 1.807) is 18.2 Å². The molecular weight excluding hydrogens is 341 g/mol. The molecule has 0 saturated carbocycles. The minimum atomic E-state index is -0.300. The molecule has 1 amide bonds. The average Bonchev–Trinajstić information content (AvgIpc) is 3.09. The van der Waals surface area contributed by atoms with Crippen LogP contribution in [0.25, 0.3) is 11.3 Å². The Morgan fingerprint density at radius 3 is 2.80 bits per heavy atom. The SMILES string of the molecule is CCCc1nnsc1C(=O)NCc1cc(-c2ccc(F)cc2)ncn1. The van der Waals surface area contributed by atoms with Gasteiger partial charge in [-0.3, -0.25) is 4.79 Å². The van der Waals surface area contributed by atoms with Gasteiger partial charge in [-0.05, 0) is 48.3 Å². The Hall–Kier alpha value is -2.74. The Morgan fingerprint density at radius 1 is 1.24 bits per heavy atom. The molecule has 0 aliphatic heterocycles. The first kappa shape index (κ1) is 17.1. The first-order chi connectivity index (χ1) is 12.2. The quantitative estimate of drug-likeness (QED) is 0.733. The third-order valence-electron chi connectivity index (χ3n) is 3.54. The third kappa shape index (κ3) is 4.21. The zero-order valence-electron chi connectivity index (χ0n) is 13.6. The molecule has 0 bridgehead atoms. The topological polar surface area (TPSA) is 80.7 Å². The highest BCUT2D eigenvalue weighted by Gasteiger charge is 2.15. The molecule has 0 aliphatic carbocycles. The molecule has 1 aromatic carbocycles. The first-order valence-corrected chi connectivity index (χ1v) is 8.61. The van der Waals surface area contributed by atoms with E-state index in [4.69, 9.17) is 0 Å². The number of halogens is 1. The lowest BCUT2D eigenvalue weighted by Crippen LogP contribution is -2.23. The van der Waals surface area contributed by atoms with Crippen LogP contribution in [0, 0.1) is 5.82 Å². The number of aromatic nitrogens is 4. The highest BCUT2D eigenvalue weighted by Crippen LogP contribution is 2.17. The summed E-state index contributed by atoms with van der Waals surface area (Å²) in [4.78, 5) is 21.2. The number of hydrogen-bond donors (Lipinski definition) is 1. The second kappa shape index (κ2) is 7.89. The summed E-state index contributed by atoms with van der Waals surface area (Å²) in [6, 6.07) is 7.83. The Labute approximate surface area is 148 Å². The van der Waals surface area contributed by atoms with Gasteiger partial charge in [-0.25, -0.2) is 14.4 Å². The molecule has 0 unspecified atom stereocenters. The van der Waals surface area contributed by atoms with E-state index >= 15 is 0 Å². The van der Waals surface area contributed by atoms with E-state index in [9.17, 15) is 9.18 Å². The van der Waals surface area contributed by atoms with E-state index < -0.39 is 0 Å². The molecule has 128 valence electrons. The molecule has 25 heavy (non-hydrogen) atoms. The summed E-state index contributed by atoms with van der Waals surface area (Å²) in [7, 11) is 0. The third-order valence-corrected chi connectivity index (χ3v) is 4.31. The van der Waals surface area contributed by atoms with Gasteiger partial charge in [0.1, 0.15) is 17.0 Å². The molecule has 1 N–H and O–H groups in total. The van der Waals surface area contributed by atoms with Crippen molar-refractivity contribution >= 4 is 17.4 Å². The van der Waals surface area contributed by atoms with Gasteiger partial charge in [-0.1, -0.05) is 17.8 Å². The first-order valence-electron chi connectivity index (χ1n) is 7.83. The summed E-state index contributed by atoms with van der Waals surface area (Å²) < 4.78 is 16.9. The van der Waals surface area contributed by atoms with Crippen LogP contribution in [0.4, 0.5) is 4.39 Å². The Balaban J connectivity index is 1.69. The van der Waals surface area contributed by atoms with E-state index in [0.717, 1.165) is 35.6 Å². The second-order valence-electron chi connectivity index (χ2n) is 5.38. The number of amides is 1. The lowest BCUT2D eigenvalue weighted by Gasteiger charge is -2.06. The van der Waals surface area contributed by atoms with Crippen LogP contribution in [0.3, 0.4) is 0 Å². The summed E-state index contributed by atoms with van der Waals surface area (Å²) in [5.74, 6) is -0.508. The molecule has 0 atom stereocenters. The second-order valence-corrected chi connectivity index (χ2v) is 6.14. The monoisotopic (exact) mass is 357 g/mol. The largest absolute Gasteiger partial charge is 0.346 e. The fourth-order valence-electron chi connectivity index (χ4n) is 2.31. The zero-order valence-corrected chi connectivity index (χ0v) is 14.4. The van der Waals surface area contributed by atoms with Gasteiger partial charge in [0, 0.05) is 5.56 Å². The lowest BCUT2D eigenvalue weighted by molar-refractivity contribution is 0.0953. The Kier molecular flexibility index (Phi) is 5.39. The summed E-state index contributed by atoms with van der Waals surface area (Å²) in [6.07, 6.45) is 3.05. The highest BCUT2D eigenvalue weighted by molar-refractivity contribution is 7.08. The van der Waals surface area contributed by atoms with Gasteiger partial charge >= 0.3 is 0 Å². The van der Waals surface area contributed by atoms with Crippen molar-refractivity contribution in [2.75, 3.05) is 0 Å². The summed E-state index contributed by atoms with van der Waals surface area (Å²) in [5.41, 5.74) is 2.84. The molecule has 0 radical (unpaired) electrons. The van der Waals surface area contributed by atoms with Crippen molar-refractivity contribution in [1.29, 1.82) is 0 Å². The van der Waals surface area contributed by atoms with Crippen LogP contribution >= 0.6 is 11.5 Å². The Bertz CT molecular complexity index is 865. The van der Waals surface area contributed by atoms with Crippen LogP contribution in [-0.2, 0) is 13.0 Å². The number of carbonyl (C=O) groups is 1. The van der Waals surface area contributed by atoms with Crippen LogP contribution in [0.2, 0.25) is 0 Å². The Morgan fingerprint density at radius 2 is 2.04 bits per heavy atom. The number of carbonyl (C=O) groups excluding carboxylic acids is 1. The van der Waals surface area contributed by atoms with Crippen molar-refractivity contribution in [2.24, 2.45) is 0 Å². The molecule has 3 rings (SSSR count). The van der Waals surface area contributed by atoms with Crippen molar-refractivity contribution in [3.63, 3.8) is 0 Å². The number of rotatable bonds is 6. The lowest BCUT2D eigenvalue weighted by atomic mass is 10.1. The zero-order chi connectivity index (χ0) is 17.6. The van der Waals surface area contributed by atoms with Gasteiger partial charge in [-0.2, -0.15) is 0 Å². The van der Waals surface area contributed by atoms with Gasteiger partial charge in [0.05, 0.1) is 23.6 Å². The van der Waals surface area contributed by atoms with Crippen LogP contribution in [0.1, 0.15) is 34.4 Å². The van der Waals surface area contributed by atoms with Crippen molar-refractivity contribution in [3.8, 4) is 11.3 Å². The van der Waals surface area contributed by atoms with E-state index in [2.05, 4.69) is 24.9 Å². The number of benzene rings is 1. The molecule has 0 spiro atoms. The normalized spacial score (nSPS) is 10.6. The molecule has 0 fully saturated rings. The van der Waals surface area contributed by atoms with E-state index in [1.807, 2.05) is 6.92 Å². The minimum Gasteiger partial charge on any atom is -0.346 e. The van der Waals surface area contributed by atoms with Crippen molar-refractivity contribution in [3.05, 3.63) is 58.7 Å². The van der Waals surface area contributed by atoms with Crippen molar-refractivity contribution in [2.45, 2.75) is 26.3 Å². The maximum atomic E-state index is 13.0. The molecule has 0 aliphatic rings. The number of nitrogens with zero attached hydrogens (tertiary/aromatic N) is 4. The van der Waals surface area contributed by atoms with Gasteiger partial charge < -0.3 is 5.32 Å². The standard InChI is InChI=1S/C17H16FN5OS/c1-2-3-14-16(25-23-22-14)17(24)19-9-13-8-15(21-10-20-13)11-4-6-12(18)7-5-11/h4-8,10H,2-3,9H2,1H3,(H,19,24). The van der Waals surface area contributed by atoms with Crippen LogP contribution in [0.5, 0.6) is 0 Å². The maximum absolute atomic E-state index is 13.0. The van der Waals surface area contributed by atoms with Gasteiger partial charge in [-0.15, -0.1) is 5.10 Å². The van der Waals surface area contributed by atoms with E-state index in [1.165, 1.54) is 18.5 Å². The fraction of sp³-hybridized carbons (Fsp3) is 0.235. The molecule has 0 saturated heterocycles. The average molecular weight is 357 g/mol. The van der Waals surface area contributed by atoms with Gasteiger partial charge in [0.15, 0.2) is 0 Å². The van der Waals surface area contributed by atoms with Crippen LogP contribution in [-0.4, -0.2) is 25.5 Å². The minimum absolute atomic E-state index is 0.208. The number of hydrogen-bond acceptors (Lipinski definition) is 6. The summed E-state index contributed by atoms with van der Waals surface area (Å²) >= 11 is 1.09. The molecule has 3 aromatic rings. The van der Waals surface area contributed by atoms with Crippen molar-refractivity contribution in [1.82, 2.24) is 24.9 Å². The van der Waals surface area contributed by atoms with Crippen LogP contribution < -0.4 is 5.32 Å². The van der Waals surface area contributed by atoms with Crippen molar-refractivity contribution < 1.29 is 9.18 Å². The fourth-order valence-corrected chi connectivity index (χ4v) is 2.93. The molecule has 2 heterocycles. The van der Waals surface area contributed by atoms with Crippen LogP contribution in [0.15, 0.2) is 36.7 Å². The van der Waals surface area contributed by atoms with E-state index in [0.29, 0.717) is 16.3 Å². The maximum Gasteiger partial charge on any atom is 0.265 e. The smallest absolute Gasteiger partial charge is 0.265 e. The number of aryl methyl sites for hydroxylation is 1. The highest BCUT2D eigenvalue weighted by atomic mass is 32.1. The molecular formula is C17H16FN5OS. The molecule has 8 heteroatoms. The summed E-state index contributed by atoms with van der Waals surface area (Å²) in [5, 5.41) is 6.82.